The van der Waals surface area contributed by atoms with Crippen LogP contribution in [0, 0.1) is 6.92 Å². The van der Waals surface area contributed by atoms with E-state index in [1.54, 1.807) is 6.07 Å². The van der Waals surface area contributed by atoms with Crippen molar-refractivity contribution in [3.63, 3.8) is 0 Å². The van der Waals surface area contributed by atoms with Crippen LogP contribution in [-0.4, -0.2) is 104 Å². The fraction of sp³-hybridized carbons (Fsp3) is 0.360. The first kappa shape index (κ1) is 46.4. The van der Waals surface area contributed by atoms with E-state index in [1.807, 2.05) is 104 Å². The second kappa shape index (κ2) is 25.1. The van der Waals surface area contributed by atoms with Gasteiger partial charge in [-0.1, -0.05) is 138 Å². The zero-order chi connectivity index (χ0) is 43.2. The molecule has 0 saturated heterocycles. The van der Waals surface area contributed by atoms with Crippen LogP contribution in [0.15, 0.2) is 127 Å². The highest BCUT2D eigenvalue weighted by Crippen LogP contribution is 2.45. The normalized spacial score (nSPS) is 12.9. The molecule has 6 rings (SSSR count). The van der Waals surface area contributed by atoms with E-state index < -0.39 is 17.7 Å². The molecule has 5 aromatic carbocycles. The van der Waals surface area contributed by atoms with Crippen LogP contribution in [0.1, 0.15) is 45.7 Å². The number of halogens is 1. The lowest BCUT2D eigenvalue weighted by atomic mass is 9.79. The van der Waals surface area contributed by atoms with E-state index >= 15 is 0 Å². The molecule has 0 spiro atoms. The van der Waals surface area contributed by atoms with Gasteiger partial charge < -0.3 is 43.2 Å². The molecule has 1 N–H and O–H groups in total. The zero-order valence-electron chi connectivity index (χ0n) is 35.3. The predicted molar refractivity (Wildman–Crippen MR) is 238 cm³/mol. The fourth-order valence-corrected chi connectivity index (χ4v) is 7.58. The maximum atomic E-state index is 13.4. The van der Waals surface area contributed by atoms with Crippen LogP contribution in [0.5, 0.6) is 0 Å². The van der Waals surface area contributed by atoms with Gasteiger partial charge in [-0.15, -0.1) is 0 Å². The van der Waals surface area contributed by atoms with Gasteiger partial charge in [0.1, 0.15) is 6.61 Å². The highest BCUT2D eigenvalue weighted by molar-refractivity contribution is 6.31. The first-order valence-corrected chi connectivity index (χ1v) is 21.5. The summed E-state index contributed by atoms with van der Waals surface area (Å²) in [5, 5.41) is 3.24. The van der Waals surface area contributed by atoms with Crippen LogP contribution in [0.4, 0.5) is 4.79 Å². The van der Waals surface area contributed by atoms with Gasteiger partial charge in [-0.3, -0.25) is 4.79 Å². The second-order valence-corrected chi connectivity index (χ2v) is 15.0. The van der Waals surface area contributed by atoms with Gasteiger partial charge in [-0.2, -0.15) is 0 Å². The van der Waals surface area contributed by atoms with Crippen LogP contribution >= 0.6 is 11.6 Å². The minimum Gasteiger partial charge on any atom is -0.449 e. The molecular formula is C50H56ClNO10. The van der Waals surface area contributed by atoms with Crippen LogP contribution in [0.2, 0.25) is 5.02 Å². The smallest absolute Gasteiger partial charge is 0.407 e. The summed E-state index contributed by atoms with van der Waals surface area (Å²) in [5.74, 6) is -0.391. The van der Waals surface area contributed by atoms with Crippen LogP contribution in [-0.2, 0) is 48.3 Å². The number of ether oxygens (including phenoxy) is 8. The number of amides is 1. The third-order valence-corrected chi connectivity index (χ3v) is 10.7. The Labute approximate surface area is 369 Å². The number of rotatable bonds is 27. The predicted octanol–water partition coefficient (Wildman–Crippen LogP) is 8.51. The summed E-state index contributed by atoms with van der Waals surface area (Å²) in [7, 11) is 0. The van der Waals surface area contributed by atoms with Gasteiger partial charge in [0.2, 0.25) is 0 Å². The molecule has 1 amide bonds. The molecule has 5 aromatic rings. The van der Waals surface area contributed by atoms with E-state index in [4.69, 9.17) is 49.5 Å². The summed E-state index contributed by atoms with van der Waals surface area (Å²) in [6.07, 6.45) is -0.409. The van der Waals surface area contributed by atoms with Crippen molar-refractivity contribution in [3.05, 3.63) is 166 Å². The van der Waals surface area contributed by atoms with E-state index in [0.717, 1.165) is 16.7 Å². The summed E-state index contributed by atoms with van der Waals surface area (Å²) in [4.78, 5) is 25.7. The molecule has 0 saturated carbocycles. The van der Waals surface area contributed by atoms with Crippen molar-refractivity contribution in [2.24, 2.45) is 0 Å². The average molecular weight is 866 g/mol. The van der Waals surface area contributed by atoms with Gasteiger partial charge in [0.15, 0.2) is 5.60 Å². The fourth-order valence-electron chi connectivity index (χ4n) is 7.31. The molecule has 328 valence electrons. The molecule has 1 aliphatic carbocycles. The number of hydrogen-bond acceptors (Lipinski definition) is 10. The number of nitrogens with one attached hydrogen (secondary N) is 1. The largest absolute Gasteiger partial charge is 0.449 e. The van der Waals surface area contributed by atoms with Gasteiger partial charge in [0, 0.05) is 34.2 Å². The molecule has 0 radical (unpaired) electrons. The van der Waals surface area contributed by atoms with Crippen molar-refractivity contribution in [1.29, 1.82) is 0 Å². The second-order valence-electron chi connectivity index (χ2n) is 14.5. The average Bonchev–Trinajstić information content (AvgIpc) is 3.62. The van der Waals surface area contributed by atoms with Gasteiger partial charge in [-0.05, 0) is 35.2 Å². The summed E-state index contributed by atoms with van der Waals surface area (Å²) in [6.45, 7) is 7.24. The molecule has 0 bridgehead atoms. The number of benzene rings is 5. The van der Waals surface area contributed by atoms with Crippen LogP contribution in [0.25, 0.3) is 11.1 Å². The molecule has 1 unspecified atom stereocenters. The highest BCUT2D eigenvalue weighted by atomic mass is 35.5. The lowest BCUT2D eigenvalue weighted by Crippen LogP contribution is -2.36. The number of fused-ring (bicyclic) bond motifs is 3. The quantitative estimate of drug-likeness (QED) is 0.0313. The van der Waals surface area contributed by atoms with Crippen molar-refractivity contribution in [3.8, 4) is 11.1 Å². The summed E-state index contributed by atoms with van der Waals surface area (Å²) in [5.41, 5.74) is 6.85. The Morgan fingerprint density at radius 2 is 1.02 bits per heavy atom. The van der Waals surface area contributed by atoms with Crippen molar-refractivity contribution in [2.75, 3.05) is 92.4 Å². The molecule has 1 aliphatic rings. The summed E-state index contributed by atoms with van der Waals surface area (Å²) in [6, 6.07) is 41.5. The van der Waals surface area contributed by atoms with Gasteiger partial charge in [0.05, 0.1) is 85.7 Å². The molecule has 62 heavy (non-hydrogen) atoms. The number of hydrogen-bond donors (Lipinski definition) is 1. The minimum absolute atomic E-state index is 0.0248. The van der Waals surface area contributed by atoms with Crippen LogP contribution in [0.3, 0.4) is 0 Å². The zero-order valence-corrected chi connectivity index (χ0v) is 36.0. The SMILES string of the molecule is Cc1ccc(C(OC(=O)CCOCCOCCOCCOCCOCCOCCNC(=O)OCC2c3ccccc3-c3ccccc32)(c2ccccc2)c2ccccc2Cl)cc1. The molecule has 0 aromatic heterocycles. The van der Waals surface area contributed by atoms with E-state index in [1.165, 1.54) is 22.3 Å². The molecule has 0 aliphatic heterocycles. The molecule has 0 heterocycles. The maximum absolute atomic E-state index is 13.4. The first-order valence-electron chi connectivity index (χ1n) is 21.1. The van der Waals surface area contributed by atoms with Crippen molar-refractivity contribution < 1.29 is 47.5 Å². The molecule has 1 atom stereocenters. The lowest BCUT2D eigenvalue weighted by molar-refractivity contribution is -0.154. The van der Waals surface area contributed by atoms with Crippen LogP contribution < -0.4 is 5.32 Å². The number of carbonyl (C=O) groups excluding carboxylic acids is 2. The Morgan fingerprint density at radius 1 is 0.548 bits per heavy atom. The van der Waals surface area contributed by atoms with Crippen molar-refractivity contribution in [2.45, 2.75) is 24.9 Å². The maximum Gasteiger partial charge on any atom is 0.407 e. The van der Waals surface area contributed by atoms with Gasteiger partial charge in [0.25, 0.3) is 0 Å². The first-order chi connectivity index (χ1) is 30.5. The van der Waals surface area contributed by atoms with Gasteiger partial charge in [-0.25, -0.2) is 4.79 Å². The monoisotopic (exact) mass is 865 g/mol. The number of esters is 1. The van der Waals surface area contributed by atoms with Crippen molar-refractivity contribution in [1.82, 2.24) is 5.32 Å². The topological polar surface area (TPSA) is 120 Å². The lowest BCUT2D eigenvalue weighted by Gasteiger charge is -2.36. The molecular weight excluding hydrogens is 810 g/mol. The Hall–Kier alpha value is -5.11. The Bertz CT molecular complexity index is 2070. The minimum atomic E-state index is -1.25. The van der Waals surface area contributed by atoms with Gasteiger partial charge >= 0.3 is 12.1 Å². The molecule has 11 nitrogen and oxygen atoms in total. The Morgan fingerprint density at radius 3 is 1.58 bits per heavy atom. The summed E-state index contributed by atoms with van der Waals surface area (Å²) >= 11 is 6.76. The number of aryl methyl sites for hydroxylation is 1. The Balaban J connectivity index is 0.736. The van der Waals surface area contributed by atoms with E-state index in [0.29, 0.717) is 89.8 Å². The number of alkyl carbamates (subject to hydrolysis) is 1. The standard InChI is InChI=1S/C50H56ClNO10/c1-38-19-21-40(22-20-38)50(39-11-3-2-4-12-39,46-17-9-10-18-47(46)51)62-48(53)23-25-55-27-29-57-31-33-59-35-36-60-34-32-58-30-28-56-26-24-52-49(54)61-37-45-43-15-7-5-13-41(43)42-14-6-8-16-44(42)45/h2-22,45H,23-37H2,1H3,(H,52,54). The highest BCUT2D eigenvalue weighted by Gasteiger charge is 2.42. The molecule has 0 fully saturated rings. The third kappa shape index (κ3) is 13.2. The third-order valence-electron chi connectivity index (χ3n) is 10.3. The molecule has 12 heteroatoms. The van der Waals surface area contributed by atoms with E-state index in [9.17, 15) is 9.59 Å². The Kier molecular flexibility index (Phi) is 18.8. The van der Waals surface area contributed by atoms with E-state index in [2.05, 4.69) is 29.6 Å². The number of carbonyl (C=O) groups is 2. The van der Waals surface area contributed by atoms with Crippen molar-refractivity contribution >= 4 is 23.7 Å². The summed E-state index contributed by atoms with van der Waals surface area (Å²) < 4.78 is 45.5. The van der Waals surface area contributed by atoms with E-state index in [-0.39, 0.29) is 25.6 Å².